The summed E-state index contributed by atoms with van der Waals surface area (Å²) in [5.74, 6) is 2.64. The number of thiocarbonyl (C=S) groups is 1. The molecule has 7 heteroatoms. The minimum Gasteiger partial charge on any atom is -0.362 e. The van der Waals surface area contributed by atoms with E-state index in [1.54, 1.807) is 0 Å². The van der Waals surface area contributed by atoms with Gasteiger partial charge >= 0.3 is 0 Å². The predicted octanol–water partition coefficient (Wildman–Crippen LogP) is 3.15. The molecule has 2 saturated heterocycles. The van der Waals surface area contributed by atoms with Crippen molar-refractivity contribution in [2.75, 3.05) is 41.3 Å². The first kappa shape index (κ1) is 18.2. The number of anilines is 3. The molecule has 1 aromatic rings. The molecule has 1 aromatic heterocycles. The summed E-state index contributed by atoms with van der Waals surface area (Å²) in [7, 11) is 0. The molecule has 1 unspecified atom stereocenters. The third-order valence-corrected chi connectivity index (χ3v) is 5.23. The monoisotopic (exact) mass is 362 g/mol. The van der Waals surface area contributed by atoms with Gasteiger partial charge in [0, 0.05) is 38.3 Å². The SMILES string of the molecule is CCCNC(=S)Nc1nc(N2CCCC2)cc(N2CCCCC2C)n1. The standard InChI is InChI=1S/C18H30N6S/c1-3-9-19-18(25)22-17-20-15(23-10-6-7-11-23)13-16(21-17)24-12-5-4-8-14(24)2/h13-14H,3-12H2,1-2H3,(H2,19,20,21,22,25). The first-order valence-corrected chi connectivity index (χ1v) is 10.0. The second-order valence-corrected chi connectivity index (χ2v) is 7.43. The maximum atomic E-state index is 5.37. The molecule has 0 amide bonds. The lowest BCUT2D eigenvalue weighted by molar-refractivity contribution is 0.481. The molecular weight excluding hydrogens is 332 g/mol. The quantitative estimate of drug-likeness (QED) is 0.780. The second kappa shape index (κ2) is 8.65. The summed E-state index contributed by atoms with van der Waals surface area (Å²) < 4.78 is 0. The van der Waals surface area contributed by atoms with E-state index >= 15 is 0 Å². The summed E-state index contributed by atoms with van der Waals surface area (Å²) in [6.07, 6.45) is 7.26. The van der Waals surface area contributed by atoms with Crippen LogP contribution in [-0.4, -0.2) is 47.3 Å². The van der Waals surface area contributed by atoms with Crippen LogP contribution in [-0.2, 0) is 0 Å². The van der Waals surface area contributed by atoms with Crippen molar-refractivity contribution in [1.82, 2.24) is 15.3 Å². The van der Waals surface area contributed by atoms with Gasteiger partial charge in [-0.15, -0.1) is 0 Å². The van der Waals surface area contributed by atoms with Crippen molar-refractivity contribution in [1.29, 1.82) is 0 Å². The van der Waals surface area contributed by atoms with Crippen LogP contribution in [0.1, 0.15) is 52.4 Å². The molecule has 2 fully saturated rings. The zero-order chi connectivity index (χ0) is 17.6. The van der Waals surface area contributed by atoms with E-state index in [-0.39, 0.29) is 0 Å². The largest absolute Gasteiger partial charge is 0.362 e. The average molecular weight is 363 g/mol. The summed E-state index contributed by atoms with van der Waals surface area (Å²) in [4.78, 5) is 14.3. The number of hydrogen-bond acceptors (Lipinski definition) is 5. The van der Waals surface area contributed by atoms with Gasteiger partial charge in [-0.05, 0) is 57.7 Å². The Balaban J connectivity index is 1.84. The summed E-state index contributed by atoms with van der Waals surface area (Å²) in [5, 5.41) is 6.97. The van der Waals surface area contributed by atoms with E-state index in [1.165, 1.54) is 32.1 Å². The summed E-state index contributed by atoms with van der Waals surface area (Å²) in [6.45, 7) is 8.48. The van der Waals surface area contributed by atoms with Crippen LogP contribution >= 0.6 is 12.2 Å². The van der Waals surface area contributed by atoms with Crippen LogP contribution in [0.3, 0.4) is 0 Å². The fourth-order valence-corrected chi connectivity index (χ4v) is 3.75. The molecular formula is C18H30N6S. The lowest BCUT2D eigenvalue weighted by Crippen LogP contribution is -2.38. The predicted molar refractivity (Wildman–Crippen MR) is 109 cm³/mol. The normalized spacial score (nSPS) is 20.6. The number of nitrogens with zero attached hydrogens (tertiary/aromatic N) is 4. The molecule has 0 radical (unpaired) electrons. The Kier molecular flexibility index (Phi) is 6.29. The topological polar surface area (TPSA) is 56.3 Å². The van der Waals surface area contributed by atoms with Crippen molar-refractivity contribution in [3.05, 3.63) is 6.07 Å². The van der Waals surface area contributed by atoms with Crippen molar-refractivity contribution < 1.29 is 0 Å². The third kappa shape index (κ3) is 4.71. The first-order valence-electron chi connectivity index (χ1n) is 9.63. The molecule has 0 spiro atoms. The molecule has 138 valence electrons. The molecule has 6 nitrogen and oxygen atoms in total. The summed E-state index contributed by atoms with van der Waals surface area (Å²) >= 11 is 5.37. The van der Waals surface area contributed by atoms with Gasteiger partial charge in [-0.1, -0.05) is 6.92 Å². The number of piperidine rings is 1. The van der Waals surface area contributed by atoms with Crippen molar-refractivity contribution in [3.8, 4) is 0 Å². The van der Waals surface area contributed by atoms with Gasteiger partial charge in [-0.3, -0.25) is 0 Å². The van der Waals surface area contributed by atoms with Gasteiger partial charge < -0.3 is 20.4 Å². The fourth-order valence-electron chi connectivity index (χ4n) is 3.56. The molecule has 2 N–H and O–H groups in total. The van der Waals surface area contributed by atoms with E-state index in [9.17, 15) is 0 Å². The Morgan fingerprint density at radius 2 is 1.88 bits per heavy atom. The molecule has 0 aromatic carbocycles. The molecule has 0 aliphatic carbocycles. The second-order valence-electron chi connectivity index (χ2n) is 7.02. The average Bonchev–Trinajstić information content (AvgIpc) is 3.15. The van der Waals surface area contributed by atoms with Crippen molar-refractivity contribution in [2.24, 2.45) is 0 Å². The molecule has 2 aliphatic heterocycles. The first-order chi connectivity index (χ1) is 12.2. The maximum absolute atomic E-state index is 5.37. The maximum Gasteiger partial charge on any atom is 0.232 e. The van der Waals surface area contributed by atoms with Gasteiger partial charge in [-0.25, -0.2) is 0 Å². The van der Waals surface area contributed by atoms with E-state index in [2.05, 4.69) is 40.3 Å². The molecule has 3 rings (SSSR count). The highest BCUT2D eigenvalue weighted by molar-refractivity contribution is 7.80. The highest BCUT2D eigenvalue weighted by Crippen LogP contribution is 2.28. The minimum absolute atomic E-state index is 0.521. The van der Waals surface area contributed by atoms with Gasteiger partial charge in [0.2, 0.25) is 5.95 Å². The lowest BCUT2D eigenvalue weighted by atomic mass is 10.0. The zero-order valence-electron chi connectivity index (χ0n) is 15.4. The van der Waals surface area contributed by atoms with Crippen LogP contribution in [0, 0.1) is 0 Å². The van der Waals surface area contributed by atoms with Crippen molar-refractivity contribution >= 4 is 34.9 Å². The van der Waals surface area contributed by atoms with Gasteiger partial charge in [0.1, 0.15) is 11.6 Å². The Morgan fingerprint density at radius 3 is 2.60 bits per heavy atom. The van der Waals surface area contributed by atoms with Crippen LogP contribution in [0.5, 0.6) is 0 Å². The number of hydrogen-bond donors (Lipinski definition) is 2. The van der Waals surface area contributed by atoms with Gasteiger partial charge in [0.15, 0.2) is 5.11 Å². The van der Waals surface area contributed by atoms with E-state index in [4.69, 9.17) is 22.2 Å². The van der Waals surface area contributed by atoms with Crippen molar-refractivity contribution in [2.45, 2.75) is 58.4 Å². The Hall–Kier alpha value is -1.63. The Bertz CT molecular complexity index is 587. The number of nitrogens with one attached hydrogen (secondary N) is 2. The van der Waals surface area contributed by atoms with Crippen LogP contribution in [0.25, 0.3) is 0 Å². The molecule has 3 heterocycles. The van der Waals surface area contributed by atoms with E-state index in [0.29, 0.717) is 17.1 Å². The number of rotatable bonds is 5. The highest BCUT2D eigenvalue weighted by atomic mass is 32.1. The van der Waals surface area contributed by atoms with Crippen LogP contribution in [0.15, 0.2) is 6.07 Å². The van der Waals surface area contributed by atoms with Gasteiger partial charge in [0.25, 0.3) is 0 Å². The zero-order valence-corrected chi connectivity index (χ0v) is 16.2. The minimum atomic E-state index is 0.521. The van der Waals surface area contributed by atoms with Gasteiger partial charge in [-0.2, -0.15) is 9.97 Å². The Morgan fingerprint density at radius 1 is 1.16 bits per heavy atom. The van der Waals surface area contributed by atoms with E-state index in [0.717, 1.165) is 44.2 Å². The van der Waals surface area contributed by atoms with Crippen molar-refractivity contribution in [3.63, 3.8) is 0 Å². The van der Waals surface area contributed by atoms with Gasteiger partial charge in [0.05, 0.1) is 0 Å². The fraction of sp³-hybridized carbons (Fsp3) is 0.722. The van der Waals surface area contributed by atoms with Crippen LogP contribution in [0.4, 0.5) is 17.6 Å². The molecule has 25 heavy (non-hydrogen) atoms. The van der Waals surface area contributed by atoms with Crippen LogP contribution in [0.2, 0.25) is 0 Å². The smallest absolute Gasteiger partial charge is 0.232 e. The molecule has 0 bridgehead atoms. The molecule has 1 atom stereocenters. The number of aromatic nitrogens is 2. The Labute approximate surface area is 156 Å². The molecule has 0 saturated carbocycles. The van der Waals surface area contributed by atoms with E-state index < -0.39 is 0 Å². The third-order valence-electron chi connectivity index (χ3n) is 4.99. The highest BCUT2D eigenvalue weighted by Gasteiger charge is 2.23. The summed E-state index contributed by atoms with van der Waals surface area (Å²) in [5.41, 5.74) is 0. The van der Waals surface area contributed by atoms with Crippen LogP contribution < -0.4 is 20.4 Å². The summed E-state index contributed by atoms with van der Waals surface area (Å²) in [6, 6.07) is 2.67. The molecule has 2 aliphatic rings. The lowest BCUT2D eigenvalue weighted by Gasteiger charge is -2.35. The van der Waals surface area contributed by atoms with E-state index in [1.807, 2.05) is 0 Å².